The molecule has 1 aromatic carbocycles. The van der Waals surface area contributed by atoms with E-state index in [1.807, 2.05) is 12.1 Å². The van der Waals surface area contributed by atoms with E-state index in [-0.39, 0.29) is 5.54 Å². The Hall–Kier alpha value is -2.19. The number of aliphatic imine (C=N–C) groups is 1. The van der Waals surface area contributed by atoms with Gasteiger partial charge < -0.3 is 29.6 Å². The van der Waals surface area contributed by atoms with Crippen molar-refractivity contribution in [2.75, 3.05) is 67.3 Å². The van der Waals surface area contributed by atoms with Crippen LogP contribution in [0.5, 0.6) is 17.2 Å². The summed E-state index contributed by atoms with van der Waals surface area (Å²) in [6.07, 6.45) is 0.765. The van der Waals surface area contributed by atoms with Gasteiger partial charge in [0, 0.05) is 37.3 Å². The molecule has 2 rings (SSSR count). The molecule has 1 aliphatic rings. The van der Waals surface area contributed by atoms with Gasteiger partial charge in [-0.2, -0.15) is 0 Å². The molecule has 1 aliphatic heterocycles. The van der Waals surface area contributed by atoms with E-state index in [1.54, 1.807) is 21.3 Å². The monoisotopic (exact) mass is 422 g/mol. The van der Waals surface area contributed by atoms with E-state index in [4.69, 9.17) is 23.9 Å². The Morgan fingerprint density at radius 1 is 1.07 bits per heavy atom. The Morgan fingerprint density at radius 2 is 1.77 bits per heavy atom. The number of nitrogens with one attached hydrogen (secondary N) is 2. The lowest BCUT2D eigenvalue weighted by Gasteiger charge is -2.39. The zero-order valence-electron chi connectivity index (χ0n) is 19.3. The highest BCUT2D eigenvalue weighted by atomic mass is 16.5. The summed E-state index contributed by atoms with van der Waals surface area (Å²) < 4.78 is 21.9. The first-order chi connectivity index (χ1) is 14.5. The van der Waals surface area contributed by atoms with Crippen LogP contribution >= 0.6 is 0 Å². The second-order valence-corrected chi connectivity index (χ2v) is 7.78. The van der Waals surface area contributed by atoms with E-state index in [1.165, 1.54) is 0 Å². The van der Waals surface area contributed by atoms with Crippen molar-refractivity contribution in [3.05, 3.63) is 17.7 Å². The number of hydrogen-bond acceptors (Lipinski definition) is 6. The average molecular weight is 423 g/mol. The fraction of sp³-hybridized carbons (Fsp3) is 0.682. The van der Waals surface area contributed by atoms with Crippen LogP contribution in [0.15, 0.2) is 17.1 Å². The highest BCUT2D eigenvalue weighted by Crippen LogP contribution is 2.39. The zero-order valence-corrected chi connectivity index (χ0v) is 19.3. The molecular formula is C22H38N4O4. The minimum Gasteiger partial charge on any atom is -0.493 e. The normalized spacial score (nSPS) is 15.6. The molecule has 0 bridgehead atoms. The molecule has 170 valence electrons. The van der Waals surface area contributed by atoms with Gasteiger partial charge in [0.05, 0.1) is 41.1 Å². The largest absolute Gasteiger partial charge is 0.493 e. The molecule has 0 amide bonds. The lowest BCUT2D eigenvalue weighted by molar-refractivity contribution is -0.00683. The number of rotatable bonds is 10. The molecule has 0 saturated carbocycles. The molecule has 0 unspecified atom stereocenters. The SMILES string of the molecule is CCNC(=NCC(C)(C)N1CCOCC1)NCCc1ccc(OC)c(OC)c1OC. The molecule has 0 aliphatic carbocycles. The van der Waals surface area contributed by atoms with Crippen LogP contribution in [-0.4, -0.2) is 83.7 Å². The summed E-state index contributed by atoms with van der Waals surface area (Å²) in [4.78, 5) is 7.27. The number of benzene rings is 1. The van der Waals surface area contributed by atoms with Crippen LogP contribution in [0.25, 0.3) is 0 Å². The fourth-order valence-electron chi connectivity index (χ4n) is 3.56. The first-order valence-electron chi connectivity index (χ1n) is 10.6. The van der Waals surface area contributed by atoms with Crippen LogP contribution in [-0.2, 0) is 11.2 Å². The van der Waals surface area contributed by atoms with Crippen LogP contribution in [0.3, 0.4) is 0 Å². The summed E-state index contributed by atoms with van der Waals surface area (Å²) in [5.74, 6) is 2.80. The first kappa shape index (κ1) is 24.1. The topological polar surface area (TPSA) is 76.6 Å². The molecule has 1 aromatic rings. The Kier molecular flexibility index (Phi) is 9.52. The molecule has 0 radical (unpaired) electrons. The van der Waals surface area contributed by atoms with Crippen molar-refractivity contribution in [2.24, 2.45) is 4.99 Å². The van der Waals surface area contributed by atoms with Crippen molar-refractivity contribution in [3.8, 4) is 17.2 Å². The Labute approximate surface area is 180 Å². The number of methoxy groups -OCH3 is 3. The second-order valence-electron chi connectivity index (χ2n) is 7.78. The van der Waals surface area contributed by atoms with Gasteiger partial charge in [-0.1, -0.05) is 6.07 Å². The highest BCUT2D eigenvalue weighted by molar-refractivity contribution is 5.79. The van der Waals surface area contributed by atoms with Crippen molar-refractivity contribution < 1.29 is 18.9 Å². The average Bonchev–Trinajstić information content (AvgIpc) is 2.77. The summed E-state index contributed by atoms with van der Waals surface area (Å²) in [6.45, 7) is 12.3. The molecule has 30 heavy (non-hydrogen) atoms. The van der Waals surface area contributed by atoms with Crippen molar-refractivity contribution in [1.82, 2.24) is 15.5 Å². The van der Waals surface area contributed by atoms with Gasteiger partial charge in [0.25, 0.3) is 0 Å². The molecule has 1 fully saturated rings. The lowest BCUT2D eigenvalue weighted by Crippen LogP contribution is -2.52. The minimum atomic E-state index is -0.0152. The van der Waals surface area contributed by atoms with Gasteiger partial charge in [-0.3, -0.25) is 9.89 Å². The predicted octanol–water partition coefficient (Wildman–Crippen LogP) is 1.92. The van der Waals surface area contributed by atoms with Gasteiger partial charge in [-0.25, -0.2) is 0 Å². The van der Waals surface area contributed by atoms with Gasteiger partial charge in [0.2, 0.25) is 5.75 Å². The predicted molar refractivity (Wildman–Crippen MR) is 120 cm³/mol. The van der Waals surface area contributed by atoms with E-state index >= 15 is 0 Å². The Balaban J connectivity index is 2.00. The van der Waals surface area contributed by atoms with Crippen molar-refractivity contribution in [3.63, 3.8) is 0 Å². The third kappa shape index (κ3) is 6.40. The maximum absolute atomic E-state index is 5.58. The number of guanidine groups is 1. The third-order valence-corrected chi connectivity index (χ3v) is 5.31. The quantitative estimate of drug-likeness (QED) is 0.441. The van der Waals surface area contributed by atoms with Gasteiger partial charge in [0.1, 0.15) is 0 Å². The fourth-order valence-corrected chi connectivity index (χ4v) is 3.56. The maximum atomic E-state index is 5.58. The van der Waals surface area contributed by atoms with Crippen molar-refractivity contribution in [2.45, 2.75) is 32.7 Å². The molecule has 0 spiro atoms. The van der Waals surface area contributed by atoms with Gasteiger partial charge in [0.15, 0.2) is 17.5 Å². The van der Waals surface area contributed by atoms with Crippen LogP contribution in [0.4, 0.5) is 0 Å². The number of hydrogen-bond donors (Lipinski definition) is 2. The molecule has 8 heteroatoms. The van der Waals surface area contributed by atoms with Crippen LogP contribution in [0.1, 0.15) is 26.3 Å². The first-order valence-corrected chi connectivity index (χ1v) is 10.6. The van der Waals surface area contributed by atoms with Gasteiger partial charge >= 0.3 is 0 Å². The molecule has 8 nitrogen and oxygen atoms in total. The maximum Gasteiger partial charge on any atom is 0.203 e. The highest BCUT2D eigenvalue weighted by Gasteiger charge is 2.28. The molecule has 1 saturated heterocycles. The second kappa shape index (κ2) is 11.9. The van der Waals surface area contributed by atoms with Crippen molar-refractivity contribution in [1.29, 1.82) is 0 Å². The standard InChI is InChI=1S/C22H38N4O4/c1-7-23-21(25-16-22(2,3)26-12-14-30-15-13-26)24-11-10-17-8-9-18(27-4)20(29-6)19(17)28-5/h8-9H,7,10-16H2,1-6H3,(H2,23,24,25). The minimum absolute atomic E-state index is 0.0152. The zero-order chi connectivity index (χ0) is 22.0. The number of ether oxygens (including phenoxy) is 4. The summed E-state index contributed by atoms with van der Waals surface area (Å²) in [7, 11) is 4.89. The smallest absolute Gasteiger partial charge is 0.203 e. The van der Waals surface area contributed by atoms with Gasteiger partial charge in [-0.15, -0.1) is 0 Å². The van der Waals surface area contributed by atoms with E-state index in [0.29, 0.717) is 23.8 Å². The molecule has 0 aromatic heterocycles. The summed E-state index contributed by atoms with van der Waals surface area (Å²) in [5, 5.41) is 6.76. The molecule has 0 atom stereocenters. The Bertz CT molecular complexity index is 688. The van der Waals surface area contributed by atoms with Crippen LogP contribution in [0.2, 0.25) is 0 Å². The van der Waals surface area contributed by atoms with E-state index < -0.39 is 0 Å². The number of nitrogens with zero attached hydrogens (tertiary/aromatic N) is 2. The molecule has 2 N–H and O–H groups in total. The molecular weight excluding hydrogens is 384 g/mol. The van der Waals surface area contributed by atoms with Gasteiger partial charge in [-0.05, 0) is 33.3 Å². The summed E-state index contributed by atoms with van der Waals surface area (Å²) in [6, 6.07) is 3.91. The summed E-state index contributed by atoms with van der Waals surface area (Å²) in [5.41, 5.74) is 1.03. The Morgan fingerprint density at radius 3 is 2.37 bits per heavy atom. The van der Waals surface area contributed by atoms with E-state index in [2.05, 4.69) is 36.3 Å². The lowest BCUT2D eigenvalue weighted by atomic mass is 10.0. The van der Waals surface area contributed by atoms with Crippen LogP contribution < -0.4 is 24.8 Å². The van der Waals surface area contributed by atoms with E-state index in [0.717, 1.165) is 57.3 Å². The van der Waals surface area contributed by atoms with E-state index in [9.17, 15) is 0 Å². The summed E-state index contributed by atoms with van der Waals surface area (Å²) >= 11 is 0. The number of morpholine rings is 1. The van der Waals surface area contributed by atoms with Crippen LogP contribution in [0, 0.1) is 0 Å². The molecule has 1 heterocycles. The third-order valence-electron chi connectivity index (χ3n) is 5.31. The van der Waals surface area contributed by atoms with Crippen molar-refractivity contribution >= 4 is 5.96 Å².